The fourth-order valence-corrected chi connectivity index (χ4v) is 2.79. The number of halogens is 1. The van der Waals surface area contributed by atoms with E-state index in [0.29, 0.717) is 33.9 Å². The number of allylic oxidation sites excluding steroid dienone is 1. The molecule has 2 heterocycles. The molecule has 28 heavy (non-hydrogen) atoms. The van der Waals surface area contributed by atoms with Gasteiger partial charge in [-0.1, -0.05) is 23.4 Å². The molecule has 4 aromatic rings. The Labute approximate surface area is 159 Å². The van der Waals surface area contributed by atoms with E-state index in [1.807, 2.05) is 12.1 Å². The number of hydrogen-bond acceptors (Lipinski definition) is 5. The second-order valence-corrected chi connectivity index (χ2v) is 6.18. The Kier molecular flexibility index (Phi) is 4.72. The van der Waals surface area contributed by atoms with Gasteiger partial charge in [0.25, 0.3) is 0 Å². The van der Waals surface area contributed by atoms with Gasteiger partial charge in [-0.15, -0.1) is 0 Å². The molecule has 0 aliphatic carbocycles. The second kappa shape index (κ2) is 7.48. The van der Waals surface area contributed by atoms with Crippen molar-refractivity contribution in [2.24, 2.45) is 0 Å². The maximum Gasteiger partial charge on any atom is 0.223 e. The van der Waals surface area contributed by atoms with Crippen LogP contribution in [-0.4, -0.2) is 20.9 Å². The molecule has 0 amide bonds. The van der Waals surface area contributed by atoms with E-state index in [1.54, 1.807) is 37.4 Å². The van der Waals surface area contributed by atoms with Crippen molar-refractivity contribution in [3.8, 4) is 5.75 Å². The number of aromatic amines is 1. The zero-order valence-electron chi connectivity index (χ0n) is 15.0. The maximum atomic E-state index is 13.3. The van der Waals surface area contributed by atoms with Crippen molar-refractivity contribution in [1.82, 2.24) is 15.1 Å². The lowest BCUT2D eigenvalue weighted by molar-refractivity contribution is 0.104. The number of aryl methyl sites for hydroxylation is 1. The van der Waals surface area contributed by atoms with Crippen molar-refractivity contribution in [2.75, 3.05) is 0 Å². The number of H-pyrrole nitrogens is 1. The van der Waals surface area contributed by atoms with Gasteiger partial charge in [0, 0.05) is 29.6 Å². The fourth-order valence-electron chi connectivity index (χ4n) is 2.79. The highest BCUT2D eigenvalue weighted by molar-refractivity contribution is 6.14. The highest BCUT2D eigenvalue weighted by Gasteiger charge is 2.10. The van der Waals surface area contributed by atoms with Crippen LogP contribution in [0.1, 0.15) is 27.6 Å². The number of rotatable bonds is 6. The molecule has 1 N–H and O–H groups in total. The number of carbonyl (C=O) groups excluding carboxylic acids is 1. The summed E-state index contributed by atoms with van der Waals surface area (Å²) in [4.78, 5) is 19.4. The molecule has 0 aliphatic rings. The molecule has 4 rings (SSSR count). The van der Waals surface area contributed by atoms with Crippen molar-refractivity contribution in [2.45, 2.75) is 13.5 Å². The van der Waals surface area contributed by atoms with Gasteiger partial charge in [0.05, 0.1) is 0 Å². The standard InChI is InChI=1S/C21H16FN3O3/c1-13-24-21(25-28-13)12-27-16-6-2-14(3-7-16)4-9-20(26)18-11-23-19-10-15(22)5-8-17(18)19/h2-11,23H,12H2,1H3. The predicted octanol–water partition coefficient (Wildman–Crippen LogP) is 4.47. The molecule has 0 bridgehead atoms. The number of ketones is 1. The van der Waals surface area contributed by atoms with E-state index in [1.165, 1.54) is 18.2 Å². The van der Waals surface area contributed by atoms with Crippen molar-refractivity contribution in [3.63, 3.8) is 0 Å². The van der Waals surface area contributed by atoms with Crippen LogP contribution in [0.2, 0.25) is 0 Å². The molecular weight excluding hydrogens is 361 g/mol. The Morgan fingerprint density at radius 3 is 2.82 bits per heavy atom. The summed E-state index contributed by atoms with van der Waals surface area (Å²) in [6.45, 7) is 1.93. The smallest absolute Gasteiger partial charge is 0.223 e. The number of hydrogen-bond donors (Lipinski definition) is 1. The number of nitrogens with zero attached hydrogens (tertiary/aromatic N) is 2. The van der Waals surface area contributed by atoms with E-state index in [-0.39, 0.29) is 18.2 Å². The highest BCUT2D eigenvalue weighted by atomic mass is 19.1. The van der Waals surface area contributed by atoms with Crippen LogP contribution in [0, 0.1) is 12.7 Å². The number of benzene rings is 2. The first-order valence-electron chi connectivity index (χ1n) is 8.59. The molecule has 6 nitrogen and oxygen atoms in total. The van der Waals surface area contributed by atoms with E-state index in [2.05, 4.69) is 15.1 Å². The molecule has 0 aliphatic heterocycles. The van der Waals surface area contributed by atoms with Gasteiger partial charge >= 0.3 is 0 Å². The number of aromatic nitrogens is 3. The van der Waals surface area contributed by atoms with Crippen molar-refractivity contribution in [3.05, 3.63) is 83.4 Å². The average Bonchev–Trinajstić information content (AvgIpc) is 3.31. The topological polar surface area (TPSA) is 81.0 Å². The van der Waals surface area contributed by atoms with E-state index in [4.69, 9.17) is 9.26 Å². The lowest BCUT2D eigenvalue weighted by Crippen LogP contribution is -1.97. The predicted molar refractivity (Wildman–Crippen MR) is 101 cm³/mol. The van der Waals surface area contributed by atoms with Crippen LogP contribution in [0.15, 0.2) is 59.3 Å². The fraction of sp³-hybridized carbons (Fsp3) is 0.0952. The first-order chi connectivity index (χ1) is 13.6. The number of fused-ring (bicyclic) bond motifs is 1. The third-order valence-corrected chi connectivity index (χ3v) is 4.15. The molecule has 0 saturated heterocycles. The van der Waals surface area contributed by atoms with Crippen molar-refractivity contribution < 1.29 is 18.4 Å². The summed E-state index contributed by atoms with van der Waals surface area (Å²) >= 11 is 0. The SMILES string of the molecule is Cc1nc(COc2ccc(C=CC(=O)c3c[nH]c4cc(F)ccc34)cc2)no1. The molecule has 2 aromatic heterocycles. The summed E-state index contributed by atoms with van der Waals surface area (Å²) in [6, 6.07) is 11.6. The molecule has 0 radical (unpaired) electrons. The van der Waals surface area contributed by atoms with Crippen molar-refractivity contribution in [1.29, 1.82) is 0 Å². The van der Waals surface area contributed by atoms with Gasteiger partial charge in [0.2, 0.25) is 11.7 Å². The largest absolute Gasteiger partial charge is 0.485 e. The Hall–Kier alpha value is -3.74. The van der Waals surface area contributed by atoms with Gasteiger partial charge in [0.15, 0.2) is 12.4 Å². The van der Waals surface area contributed by atoms with E-state index < -0.39 is 0 Å². The summed E-state index contributed by atoms with van der Waals surface area (Å²) in [5.74, 6) is 1.12. The van der Waals surface area contributed by atoms with Crippen LogP contribution in [0.4, 0.5) is 4.39 Å². The average molecular weight is 377 g/mol. The van der Waals surface area contributed by atoms with Gasteiger partial charge in [-0.2, -0.15) is 4.98 Å². The quantitative estimate of drug-likeness (QED) is 0.396. The molecule has 2 aromatic carbocycles. The molecule has 0 unspecified atom stereocenters. The number of nitrogens with one attached hydrogen (secondary N) is 1. The lowest BCUT2D eigenvalue weighted by Gasteiger charge is -2.03. The Bertz CT molecular complexity index is 1160. The zero-order valence-corrected chi connectivity index (χ0v) is 15.0. The molecule has 7 heteroatoms. The number of ether oxygens (including phenoxy) is 1. The third kappa shape index (κ3) is 3.83. The lowest BCUT2D eigenvalue weighted by atomic mass is 10.1. The van der Waals surface area contributed by atoms with Gasteiger partial charge in [-0.05, 0) is 42.0 Å². The van der Waals surface area contributed by atoms with E-state index in [9.17, 15) is 9.18 Å². The minimum atomic E-state index is -0.347. The van der Waals surface area contributed by atoms with Crippen LogP contribution in [-0.2, 0) is 6.61 Å². The summed E-state index contributed by atoms with van der Waals surface area (Å²) in [7, 11) is 0. The molecule has 0 spiro atoms. The van der Waals surface area contributed by atoms with Crippen LogP contribution in [0.5, 0.6) is 5.75 Å². The monoisotopic (exact) mass is 377 g/mol. The minimum absolute atomic E-state index is 0.161. The van der Waals surface area contributed by atoms with Crippen LogP contribution in [0.3, 0.4) is 0 Å². The zero-order chi connectivity index (χ0) is 19.5. The van der Waals surface area contributed by atoms with Crippen LogP contribution in [0.25, 0.3) is 17.0 Å². The van der Waals surface area contributed by atoms with Gasteiger partial charge < -0.3 is 14.2 Å². The third-order valence-electron chi connectivity index (χ3n) is 4.15. The Morgan fingerprint density at radius 2 is 2.07 bits per heavy atom. The van der Waals surface area contributed by atoms with Gasteiger partial charge in [-0.3, -0.25) is 4.79 Å². The van der Waals surface area contributed by atoms with Crippen LogP contribution >= 0.6 is 0 Å². The minimum Gasteiger partial charge on any atom is -0.485 e. The van der Waals surface area contributed by atoms with E-state index >= 15 is 0 Å². The summed E-state index contributed by atoms with van der Waals surface area (Å²) in [5.41, 5.74) is 1.94. The molecule has 0 atom stereocenters. The molecule has 0 fully saturated rings. The Morgan fingerprint density at radius 1 is 1.25 bits per heavy atom. The van der Waals surface area contributed by atoms with Gasteiger partial charge in [-0.25, -0.2) is 4.39 Å². The Balaban J connectivity index is 1.41. The highest BCUT2D eigenvalue weighted by Crippen LogP contribution is 2.21. The second-order valence-electron chi connectivity index (χ2n) is 6.18. The first kappa shape index (κ1) is 17.7. The summed E-state index contributed by atoms with van der Waals surface area (Å²) in [5, 5.41) is 4.46. The van der Waals surface area contributed by atoms with Crippen LogP contribution < -0.4 is 4.74 Å². The first-order valence-corrected chi connectivity index (χ1v) is 8.59. The maximum absolute atomic E-state index is 13.3. The summed E-state index contributed by atoms with van der Waals surface area (Å²) in [6.07, 6.45) is 4.80. The van der Waals surface area contributed by atoms with Crippen molar-refractivity contribution >= 4 is 22.8 Å². The number of carbonyl (C=O) groups is 1. The van der Waals surface area contributed by atoms with E-state index in [0.717, 1.165) is 5.56 Å². The van der Waals surface area contributed by atoms with Gasteiger partial charge in [0.1, 0.15) is 11.6 Å². The molecule has 140 valence electrons. The summed E-state index contributed by atoms with van der Waals surface area (Å²) < 4.78 is 23.7. The molecular formula is C21H16FN3O3. The molecule has 0 saturated carbocycles. The normalized spacial score (nSPS) is 11.4.